The van der Waals surface area contributed by atoms with Crippen molar-refractivity contribution in [2.24, 2.45) is 0 Å². The van der Waals surface area contributed by atoms with Crippen LogP contribution < -0.4 is 34.3 Å². The molecule has 118 valence electrons. The monoisotopic (exact) mass is 336 g/mol. The standard InChI is InChI=1S/C15H22O5S.Na/c1-2-3-4-5-6-7-12-15(16)20-13-10-8-9-11-14(13)21(17,18)19;/h8-11H,2-7,12H2,1H3,(H,17,18,19);/q;+1/p-1. The maximum Gasteiger partial charge on any atom is 1.00 e. The summed E-state index contributed by atoms with van der Waals surface area (Å²) in [6.45, 7) is 2.14. The van der Waals surface area contributed by atoms with Gasteiger partial charge in [0, 0.05) is 6.42 Å². The van der Waals surface area contributed by atoms with Gasteiger partial charge < -0.3 is 9.29 Å². The van der Waals surface area contributed by atoms with Gasteiger partial charge in [0.1, 0.15) is 15.9 Å². The van der Waals surface area contributed by atoms with E-state index in [0.29, 0.717) is 6.42 Å². The molecule has 1 aromatic carbocycles. The molecular formula is C15H21NaO5S. The summed E-state index contributed by atoms with van der Waals surface area (Å²) in [5.74, 6) is -0.704. The molecule has 0 heterocycles. The number of para-hydroxylation sites is 1. The molecule has 1 rings (SSSR count). The molecule has 0 aliphatic carbocycles. The number of hydrogen-bond acceptors (Lipinski definition) is 5. The Labute approximate surface area is 154 Å². The minimum absolute atomic E-state index is 0. The Morgan fingerprint density at radius 1 is 1.09 bits per heavy atom. The molecule has 5 nitrogen and oxygen atoms in total. The van der Waals surface area contributed by atoms with E-state index in [0.717, 1.165) is 25.3 Å². The molecule has 0 N–H and O–H groups in total. The summed E-state index contributed by atoms with van der Waals surface area (Å²) in [6.07, 6.45) is 6.46. The fourth-order valence-electron chi connectivity index (χ4n) is 1.96. The van der Waals surface area contributed by atoms with E-state index in [1.54, 1.807) is 0 Å². The summed E-state index contributed by atoms with van der Waals surface area (Å²) >= 11 is 0. The van der Waals surface area contributed by atoms with Gasteiger partial charge in [-0.1, -0.05) is 51.2 Å². The zero-order valence-electron chi connectivity index (χ0n) is 13.2. The molecule has 0 fully saturated rings. The van der Waals surface area contributed by atoms with Crippen LogP contribution in [-0.4, -0.2) is 18.9 Å². The van der Waals surface area contributed by atoms with Crippen molar-refractivity contribution in [3.05, 3.63) is 24.3 Å². The molecule has 0 saturated heterocycles. The SMILES string of the molecule is CCCCCCCCC(=O)Oc1ccccc1S(=O)(=O)[O-].[Na+]. The first kappa shape index (κ1) is 21.6. The predicted molar refractivity (Wildman–Crippen MR) is 78.0 cm³/mol. The van der Waals surface area contributed by atoms with Gasteiger partial charge in [-0.15, -0.1) is 0 Å². The van der Waals surface area contributed by atoms with E-state index >= 15 is 0 Å². The number of unbranched alkanes of at least 4 members (excludes halogenated alkanes) is 5. The summed E-state index contributed by atoms with van der Waals surface area (Å²) in [5.41, 5.74) is 0. The molecule has 1 aromatic rings. The van der Waals surface area contributed by atoms with E-state index in [2.05, 4.69) is 6.92 Å². The van der Waals surface area contributed by atoms with Gasteiger partial charge in [-0.3, -0.25) is 4.79 Å². The van der Waals surface area contributed by atoms with E-state index in [1.807, 2.05) is 0 Å². The van der Waals surface area contributed by atoms with Gasteiger partial charge in [-0.2, -0.15) is 0 Å². The van der Waals surface area contributed by atoms with Crippen LogP contribution in [0.4, 0.5) is 0 Å². The van der Waals surface area contributed by atoms with Crippen LogP contribution in [0.5, 0.6) is 5.75 Å². The first-order valence-corrected chi connectivity index (χ1v) is 8.61. The largest absolute Gasteiger partial charge is 1.00 e. The predicted octanol–water partition coefficient (Wildman–Crippen LogP) is 0.251. The smallest absolute Gasteiger partial charge is 0.744 e. The molecule has 0 bridgehead atoms. The van der Waals surface area contributed by atoms with Crippen molar-refractivity contribution < 1.29 is 52.1 Å². The average molecular weight is 336 g/mol. The topological polar surface area (TPSA) is 83.5 Å². The third-order valence-electron chi connectivity index (χ3n) is 3.08. The Morgan fingerprint density at radius 2 is 1.68 bits per heavy atom. The van der Waals surface area contributed by atoms with Crippen LogP contribution in [-0.2, 0) is 14.9 Å². The van der Waals surface area contributed by atoms with Crippen LogP contribution in [0.3, 0.4) is 0 Å². The van der Waals surface area contributed by atoms with Crippen molar-refractivity contribution in [2.45, 2.75) is 56.8 Å². The molecule has 0 unspecified atom stereocenters. The normalized spacial score (nSPS) is 10.8. The zero-order chi connectivity index (χ0) is 15.7. The minimum atomic E-state index is -4.64. The van der Waals surface area contributed by atoms with Gasteiger partial charge in [0.05, 0.1) is 4.90 Å². The Balaban J connectivity index is 0.00000441. The average Bonchev–Trinajstić information content (AvgIpc) is 2.42. The van der Waals surface area contributed by atoms with Crippen LogP contribution in [0.1, 0.15) is 51.9 Å². The van der Waals surface area contributed by atoms with E-state index in [1.165, 1.54) is 31.0 Å². The molecule has 0 saturated carbocycles. The molecule has 22 heavy (non-hydrogen) atoms. The molecule has 0 aliphatic rings. The van der Waals surface area contributed by atoms with Gasteiger partial charge >= 0.3 is 35.5 Å². The van der Waals surface area contributed by atoms with Crippen molar-refractivity contribution in [1.82, 2.24) is 0 Å². The Bertz CT molecular complexity index is 557. The first-order chi connectivity index (χ1) is 9.95. The fourth-order valence-corrected chi connectivity index (χ4v) is 2.57. The van der Waals surface area contributed by atoms with Crippen LogP contribution in [0.15, 0.2) is 29.2 Å². The fraction of sp³-hybridized carbons (Fsp3) is 0.533. The second kappa shape index (κ2) is 11.2. The number of hydrogen-bond donors (Lipinski definition) is 0. The second-order valence-electron chi connectivity index (χ2n) is 4.89. The van der Waals surface area contributed by atoms with Gasteiger partial charge in [0.25, 0.3) is 0 Å². The van der Waals surface area contributed by atoms with Gasteiger partial charge in [0.15, 0.2) is 0 Å². The minimum Gasteiger partial charge on any atom is -0.744 e. The number of carbonyl (C=O) groups is 1. The summed E-state index contributed by atoms with van der Waals surface area (Å²) in [7, 11) is -4.64. The van der Waals surface area contributed by atoms with E-state index in [4.69, 9.17) is 4.74 Å². The Morgan fingerprint density at radius 3 is 2.32 bits per heavy atom. The molecule has 0 aromatic heterocycles. The third-order valence-corrected chi connectivity index (χ3v) is 3.95. The number of benzene rings is 1. The zero-order valence-corrected chi connectivity index (χ0v) is 16.0. The maximum absolute atomic E-state index is 11.7. The number of rotatable bonds is 9. The molecule has 0 atom stereocenters. The quantitative estimate of drug-likeness (QED) is 0.212. The Hall–Kier alpha value is -0.400. The van der Waals surface area contributed by atoms with Crippen LogP contribution >= 0.6 is 0 Å². The van der Waals surface area contributed by atoms with Gasteiger partial charge in [0.2, 0.25) is 0 Å². The van der Waals surface area contributed by atoms with E-state index < -0.39 is 21.0 Å². The maximum atomic E-state index is 11.7. The summed E-state index contributed by atoms with van der Waals surface area (Å²) in [5, 5.41) is 0. The first-order valence-electron chi connectivity index (χ1n) is 7.20. The van der Waals surface area contributed by atoms with Gasteiger partial charge in [-0.25, -0.2) is 8.42 Å². The van der Waals surface area contributed by atoms with Crippen molar-refractivity contribution >= 4 is 16.1 Å². The van der Waals surface area contributed by atoms with Crippen LogP contribution in [0.2, 0.25) is 0 Å². The van der Waals surface area contributed by atoms with E-state index in [9.17, 15) is 17.8 Å². The van der Waals surface area contributed by atoms with E-state index in [-0.39, 0.29) is 41.7 Å². The summed E-state index contributed by atoms with van der Waals surface area (Å²) in [6, 6.07) is 5.37. The van der Waals surface area contributed by atoms with Crippen LogP contribution in [0, 0.1) is 0 Å². The molecule has 7 heteroatoms. The second-order valence-corrected chi connectivity index (χ2v) is 6.24. The van der Waals surface area contributed by atoms with Crippen molar-refractivity contribution in [3.8, 4) is 5.75 Å². The summed E-state index contributed by atoms with van der Waals surface area (Å²) < 4.78 is 38.1. The molecular weight excluding hydrogens is 315 g/mol. The molecule has 0 radical (unpaired) electrons. The van der Waals surface area contributed by atoms with Crippen molar-refractivity contribution in [1.29, 1.82) is 0 Å². The van der Waals surface area contributed by atoms with Gasteiger partial charge in [-0.05, 0) is 18.6 Å². The summed E-state index contributed by atoms with van der Waals surface area (Å²) in [4.78, 5) is 11.2. The number of carbonyl (C=O) groups excluding carboxylic acids is 1. The third kappa shape index (κ3) is 8.29. The number of esters is 1. The molecule has 0 aliphatic heterocycles. The van der Waals surface area contributed by atoms with Crippen molar-refractivity contribution in [3.63, 3.8) is 0 Å². The van der Waals surface area contributed by atoms with Crippen molar-refractivity contribution in [2.75, 3.05) is 0 Å². The Kier molecular flexibility index (Phi) is 11.0. The number of ether oxygens (including phenoxy) is 1. The van der Waals surface area contributed by atoms with Crippen LogP contribution in [0.25, 0.3) is 0 Å². The molecule has 0 amide bonds. The molecule has 0 spiro atoms.